The number of ketones is 1. The zero-order valence-corrected chi connectivity index (χ0v) is 55.1. The molecule has 11 atom stereocenters. The van der Waals surface area contributed by atoms with E-state index >= 15 is 0 Å². The Labute approximate surface area is 551 Å². The van der Waals surface area contributed by atoms with Crippen LogP contribution in [0.2, 0.25) is 0 Å². The fraction of sp³-hybridized carbons (Fsp3) is 0.559. The Balaban J connectivity index is 2.20. The number of unbranched alkanes of at least 4 members (excludes halogenated alkanes) is 2. The Bertz CT molecular complexity index is 2940. The Kier molecular flexibility index (Phi) is 37.9. The molecule has 528 valence electrons. The van der Waals surface area contributed by atoms with E-state index < -0.39 is 153 Å². The first-order valence-electron chi connectivity index (χ1n) is 30.9. The smallest absolute Gasteiger partial charge is 0.399 e. The third-order valence-electron chi connectivity index (χ3n) is 14.4. The third kappa shape index (κ3) is 34.7. The molecule has 0 aromatic heterocycles. The molecule has 2 unspecified atom stereocenters. The van der Waals surface area contributed by atoms with E-state index in [0.717, 1.165) is 0 Å². The van der Waals surface area contributed by atoms with Gasteiger partial charge in [-0.15, -0.1) is 0 Å². The van der Waals surface area contributed by atoms with Gasteiger partial charge in [0.2, 0.25) is 65.0 Å². The molecule has 35 nitrogen and oxygen atoms in total. The van der Waals surface area contributed by atoms with E-state index in [9.17, 15) is 71.8 Å². The molecule has 0 aliphatic heterocycles. The molecule has 11 amide bonds. The molecule has 0 radical (unpaired) electrons. The average Bonchev–Trinajstić information content (AvgIpc) is 1.17. The molecule has 0 bridgehead atoms. The maximum absolute atomic E-state index is 14.1. The molecule has 2 aromatic carbocycles. The van der Waals surface area contributed by atoms with Crippen molar-refractivity contribution >= 4 is 96.4 Å². The van der Waals surface area contributed by atoms with E-state index in [0.29, 0.717) is 42.5 Å². The topological polar surface area (TPSA) is 579 Å². The number of likely N-dealkylation sites (N-methyl/N-ethyl adjacent to an activating group) is 1. The van der Waals surface area contributed by atoms with E-state index in [4.69, 9.17) is 33.8 Å². The predicted molar refractivity (Wildman–Crippen MR) is 349 cm³/mol. The van der Waals surface area contributed by atoms with Crippen LogP contribution in [0, 0.1) is 5.41 Å². The molecule has 0 aliphatic rings. The van der Waals surface area contributed by atoms with Crippen LogP contribution in [0.15, 0.2) is 54.6 Å². The molecule has 0 aliphatic carbocycles. The van der Waals surface area contributed by atoms with Gasteiger partial charge in [-0.3, -0.25) is 67.5 Å². The van der Waals surface area contributed by atoms with Crippen molar-refractivity contribution < 1.29 is 76.3 Å². The summed E-state index contributed by atoms with van der Waals surface area (Å²) in [6.45, 7) is 2.95. The van der Waals surface area contributed by atoms with Crippen LogP contribution in [0.25, 0.3) is 0 Å². The molecule has 0 heterocycles. The van der Waals surface area contributed by atoms with Crippen molar-refractivity contribution in [1.29, 1.82) is 5.41 Å². The van der Waals surface area contributed by atoms with E-state index in [1.54, 1.807) is 61.6 Å². The highest BCUT2D eigenvalue weighted by atomic mass is 31.2. The molecular weight excluding hydrogens is 1260 g/mol. The van der Waals surface area contributed by atoms with Gasteiger partial charge in [0.1, 0.15) is 48.6 Å². The molecular formula is C59H96N19O16P. The lowest BCUT2D eigenvalue weighted by molar-refractivity contribution is -0.135. The number of hydrogen-bond acceptors (Lipinski definition) is 20. The van der Waals surface area contributed by atoms with Gasteiger partial charge in [-0.05, 0) is 116 Å². The van der Waals surface area contributed by atoms with Gasteiger partial charge in [0.25, 0.3) is 0 Å². The Morgan fingerprint density at radius 3 is 1.58 bits per heavy atom. The van der Waals surface area contributed by atoms with Gasteiger partial charge >= 0.3 is 7.75 Å². The van der Waals surface area contributed by atoms with E-state index in [1.165, 1.54) is 27.8 Å². The van der Waals surface area contributed by atoms with Gasteiger partial charge < -0.3 is 102 Å². The zero-order valence-electron chi connectivity index (χ0n) is 54.2. The minimum Gasteiger partial charge on any atom is -0.399 e. The van der Waals surface area contributed by atoms with E-state index in [2.05, 4.69) is 73.6 Å². The fourth-order valence-electron chi connectivity index (χ4n) is 8.98. The second-order valence-electron chi connectivity index (χ2n) is 22.5. The monoisotopic (exact) mass is 1360 g/mol. The van der Waals surface area contributed by atoms with Crippen molar-refractivity contribution in [2.24, 2.45) is 22.7 Å². The summed E-state index contributed by atoms with van der Waals surface area (Å²) in [5.41, 5.74) is 29.4. The van der Waals surface area contributed by atoms with Gasteiger partial charge in [-0.2, -0.15) is 0 Å². The van der Waals surface area contributed by atoms with Gasteiger partial charge in [0.05, 0.1) is 37.8 Å². The fourth-order valence-corrected chi connectivity index (χ4v) is 9.34. The number of amides is 11. The molecule has 95 heavy (non-hydrogen) atoms. The summed E-state index contributed by atoms with van der Waals surface area (Å²) in [6.07, 6.45) is 1.88. The molecule has 2 aromatic rings. The number of anilines is 1. The second kappa shape index (κ2) is 43.8. The molecule has 0 saturated carbocycles. The molecule has 0 fully saturated rings. The number of guanidine groups is 1. The minimum atomic E-state index is -4.38. The zero-order chi connectivity index (χ0) is 71.2. The largest absolute Gasteiger partial charge is 0.400 e. The third-order valence-corrected chi connectivity index (χ3v) is 14.9. The summed E-state index contributed by atoms with van der Waals surface area (Å²) in [4.78, 5) is 180. The van der Waals surface area contributed by atoms with Crippen LogP contribution in [0.5, 0.6) is 0 Å². The van der Waals surface area contributed by atoms with Crippen molar-refractivity contribution in [3.63, 3.8) is 0 Å². The normalized spacial score (nSPS) is 14.8. The SMILES string of the molecule is CNCCCC[C@H](NC(=O)CNC(=O)C(COP(N)(=O)O)NC)C(=O)CCCC[C@H](N)C(=O)N[C@@H](CCCNC(=N)N)C(=O)NCC(=O)N[C@@H](Cc1ccc(N)cc1)C(=O)N[C@@H](C)C(=O)N[C@@H](Cc1ccccc1)C(=O)N[C@@H](C)C(=O)N[C@@H](CCC(N)=O)C(=O)N[C@@H](C)C=O. The Hall–Kier alpha value is -8.99. The first-order valence-corrected chi connectivity index (χ1v) is 32.5. The molecule has 2 rings (SSSR count). The van der Waals surface area contributed by atoms with Crippen molar-refractivity contribution in [3.05, 3.63) is 65.7 Å². The van der Waals surface area contributed by atoms with Crippen LogP contribution < -0.4 is 97.6 Å². The quantitative estimate of drug-likeness (QED) is 0.00734. The van der Waals surface area contributed by atoms with Gasteiger partial charge in [-0.25, -0.2) is 10.1 Å². The lowest BCUT2D eigenvalue weighted by Crippen LogP contribution is -2.59. The Morgan fingerprint density at radius 2 is 1.04 bits per heavy atom. The van der Waals surface area contributed by atoms with Crippen molar-refractivity contribution in [1.82, 2.24) is 69.1 Å². The Morgan fingerprint density at radius 1 is 0.547 bits per heavy atom. The number of Topliss-reactive ketones (excluding diaryl/α,β-unsaturated/α-hetero) is 1. The van der Waals surface area contributed by atoms with Gasteiger partial charge in [-0.1, -0.05) is 48.9 Å². The molecule has 25 N–H and O–H groups in total. The number of nitrogens with two attached hydrogens (primary N) is 5. The number of carbonyl (C=O) groups is 13. The summed E-state index contributed by atoms with van der Waals surface area (Å²) < 4.78 is 15.9. The number of hydrogen-bond donors (Lipinski definition) is 20. The van der Waals surface area contributed by atoms with Crippen LogP contribution in [0.3, 0.4) is 0 Å². The first kappa shape index (κ1) is 82.1. The van der Waals surface area contributed by atoms with Crippen molar-refractivity contribution in [2.75, 3.05) is 52.6 Å². The van der Waals surface area contributed by atoms with Crippen LogP contribution in [-0.2, 0) is 84.3 Å². The van der Waals surface area contributed by atoms with Gasteiger partial charge in [0.15, 0.2) is 11.7 Å². The summed E-state index contributed by atoms with van der Waals surface area (Å²) in [7, 11) is -1.23. The number of benzene rings is 2. The van der Waals surface area contributed by atoms with Crippen molar-refractivity contribution in [3.8, 4) is 0 Å². The lowest BCUT2D eigenvalue weighted by Gasteiger charge is -2.25. The summed E-state index contributed by atoms with van der Waals surface area (Å²) in [6, 6.07) is 2.53. The maximum atomic E-state index is 14.1. The number of aldehydes is 1. The number of primary amides is 1. The van der Waals surface area contributed by atoms with E-state index in [1.807, 2.05) is 0 Å². The van der Waals surface area contributed by atoms with E-state index in [-0.39, 0.29) is 88.9 Å². The standard InChI is InChI=1S/C59H96N19O16P/c1-34(32-79)71-56(89)43(24-25-48(62)81)76-51(84)35(2)73-58(91)45(28-37-14-7-6-8-15-37)78-52(85)36(3)72-57(90)44(29-38-20-22-39(60)23-21-38)75-50(83)31-69-54(87)42(18-13-27-68-59(63)64)77-53(86)40(61)16-9-10-19-47(80)41(17-11-12-26-66-4)74-49(82)30-70-55(88)46(67-5)33-94-95(65,92)93/h6-8,14-15,20-23,32,34-36,40-46,66-67H,9-13,16-19,24-31,33,60-61H2,1-5H3,(H2,62,81)(H,69,87)(H,70,88)(H,71,89)(H,72,90)(H,73,91)(H,74,82)(H,75,83)(H,76,84)(H,77,86)(H,78,85)(H4,63,64,68)(H3,65,92,93)/t34-,35-,36-,40-,41-,42-,43-,44-,45-,46?/m0/s1. The molecule has 0 spiro atoms. The number of nitrogens with one attached hydrogen (secondary N) is 14. The minimum absolute atomic E-state index is 0.0214. The van der Waals surface area contributed by atoms with Crippen molar-refractivity contribution in [2.45, 2.75) is 165 Å². The molecule has 36 heteroatoms. The highest BCUT2D eigenvalue weighted by Gasteiger charge is 2.33. The summed E-state index contributed by atoms with van der Waals surface area (Å²) >= 11 is 0. The number of carbonyl (C=O) groups excluding carboxylic acids is 13. The number of rotatable bonds is 47. The second-order valence-corrected chi connectivity index (χ2v) is 23.9. The van der Waals surface area contributed by atoms with Crippen LogP contribution in [0.4, 0.5) is 5.69 Å². The summed E-state index contributed by atoms with van der Waals surface area (Å²) in [5, 5.41) is 40.8. The predicted octanol–water partition coefficient (Wildman–Crippen LogP) is -5.54. The van der Waals surface area contributed by atoms with Crippen LogP contribution in [-0.4, -0.2) is 195 Å². The highest BCUT2D eigenvalue weighted by Crippen LogP contribution is 2.31. The maximum Gasteiger partial charge on any atom is 0.400 e. The lowest BCUT2D eigenvalue weighted by atomic mass is 9.99. The molecule has 0 saturated heterocycles. The number of nitrogen functional groups attached to an aromatic ring is 1. The van der Waals surface area contributed by atoms with Gasteiger partial charge in [0, 0.05) is 37.9 Å². The highest BCUT2D eigenvalue weighted by molar-refractivity contribution is 7.50. The van der Waals surface area contributed by atoms with Crippen LogP contribution >= 0.6 is 7.75 Å². The van der Waals surface area contributed by atoms with Crippen LogP contribution in [0.1, 0.15) is 103 Å². The summed E-state index contributed by atoms with van der Waals surface area (Å²) in [5.74, 6) is -9.55. The first-order chi connectivity index (χ1) is 44.9. The average molecular weight is 1360 g/mol.